The molecule has 0 saturated carbocycles. The number of amides is 1. The van der Waals surface area contributed by atoms with Gasteiger partial charge in [-0.1, -0.05) is 36.4 Å². The molecule has 0 atom stereocenters. The lowest BCUT2D eigenvalue weighted by Gasteiger charge is -2.32. The molecule has 4 aromatic rings. The molecule has 2 aromatic carbocycles. The van der Waals surface area contributed by atoms with Crippen LogP contribution in [0.25, 0.3) is 16.8 Å². The van der Waals surface area contributed by atoms with Gasteiger partial charge in [0.25, 0.3) is 0 Å². The number of fused-ring (bicyclic) bond motifs is 1. The lowest BCUT2D eigenvalue weighted by atomic mass is 10.0. The van der Waals surface area contributed by atoms with Crippen LogP contribution in [-0.2, 0) is 17.8 Å². The van der Waals surface area contributed by atoms with Crippen LogP contribution in [0.5, 0.6) is 0 Å². The van der Waals surface area contributed by atoms with Crippen LogP contribution in [-0.4, -0.2) is 63.5 Å². The van der Waals surface area contributed by atoms with Gasteiger partial charge >= 0.3 is 0 Å². The van der Waals surface area contributed by atoms with Gasteiger partial charge in [0.05, 0.1) is 6.42 Å². The average molecular weight is 441 g/mol. The highest BCUT2D eigenvalue weighted by molar-refractivity contribution is 5.92. The molecule has 7 nitrogen and oxygen atoms in total. The van der Waals surface area contributed by atoms with E-state index >= 15 is 0 Å². The van der Waals surface area contributed by atoms with Gasteiger partial charge in [-0.15, -0.1) is 0 Å². The van der Waals surface area contributed by atoms with Crippen LogP contribution in [0.3, 0.4) is 0 Å². The number of nitrogens with one attached hydrogen (secondary N) is 1. The van der Waals surface area contributed by atoms with E-state index in [1.54, 1.807) is 10.8 Å². The van der Waals surface area contributed by atoms with Crippen molar-refractivity contribution >= 4 is 17.2 Å². The molecule has 0 unspecified atom stereocenters. The van der Waals surface area contributed by atoms with Crippen molar-refractivity contribution in [3.05, 3.63) is 84.3 Å². The molecule has 168 valence electrons. The molecule has 0 bridgehead atoms. The van der Waals surface area contributed by atoms with Crippen LogP contribution >= 0.6 is 0 Å². The van der Waals surface area contributed by atoms with E-state index in [-0.39, 0.29) is 5.91 Å². The number of carbonyl (C=O) groups excluding carboxylic acids is 1. The number of carbonyl (C=O) groups is 1. The van der Waals surface area contributed by atoms with Crippen molar-refractivity contribution in [3.63, 3.8) is 0 Å². The Balaban J connectivity index is 1.15. The van der Waals surface area contributed by atoms with Crippen LogP contribution in [0.15, 0.2) is 73.2 Å². The fourth-order valence-electron chi connectivity index (χ4n) is 4.16. The first-order chi connectivity index (χ1) is 16.1. The van der Waals surface area contributed by atoms with E-state index in [2.05, 4.69) is 44.4 Å². The third kappa shape index (κ3) is 5.27. The Kier molecular flexibility index (Phi) is 6.15. The summed E-state index contributed by atoms with van der Waals surface area (Å²) in [7, 11) is 2.17. The van der Waals surface area contributed by atoms with Crippen LogP contribution in [0.2, 0.25) is 0 Å². The highest BCUT2D eigenvalue weighted by atomic mass is 16.1. The predicted octanol–water partition coefficient (Wildman–Crippen LogP) is 3.32. The summed E-state index contributed by atoms with van der Waals surface area (Å²) in [5.74, 6) is -0.0144. The molecule has 0 radical (unpaired) electrons. The van der Waals surface area contributed by atoms with Crippen molar-refractivity contribution in [3.8, 4) is 11.1 Å². The number of nitrogens with zero attached hydrogens (tertiary/aromatic N) is 5. The first-order valence-corrected chi connectivity index (χ1v) is 11.3. The number of pyridine rings is 1. The topological polar surface area (TPSA) is 65.8 Å². The molecular weight excluding hydrogens is 412 g/mol. The summed E-state index contributed by atoms with van der Waals surface area (Å²) in [6, 6.07) is 20.3. The highest BCUT2D eigenvalue weighted by Crippen LogP contribution is 2.21. The summed E-state index contributed by atoms with van der Waals surface area (Å²) in [6.07, 6.45) is 3.78. The van der Waals surface area contributed by atoms with E-state index in [0.717, 1.165) is 60.7 Å². The molecule has 1 saturated heterocycles. The Bertz CT molecular complexity index is 1220. The second-order valence-electron chi connectivity index (χ2n) is 8.68. The first kappa shape index (κ1) is 21.3. The Morgan fingerprint density at radius 2 is 1.64 bits per heavy atom. The number of piperazine rings is 1. The smallest absolute Gasteiger partial charge is 0.228 e. The quantitative estimate of drug-likeness (QED) is 0.498. The van der Waals surface area contributed by atoms with Gasteiger partial charge < -0.3 is 10.2 Å². The standard InChI is InChI=1S/C26H28N6O/c1-30-12-14-31(15-13-30)18-21-4-8-24(9-5-21)29-26(33)16-20-2-6-22(7-3-20)23-10-11-32-25(17-23)27-19-28-32/h2-11,17,19H,12-16,18H2,1H3,(H,29,33). The van der Waals surface area contributed by atoms with Crippen LogP contribution in [0.1, 0.15) is 11.1 Å². The third-order valence-electron chi connectivity index (χ3n) is 6.17. The van der Waals surface area contributed by atoms with Crippen molar-refractivity contribution < 1.29 is 4.79 Å². The van der Waals surface area contributed by atoms with Crippen molar-refractivity contribution in [1.29, 1.82) is 0 Å². The molecule has 33 heavy (non-hydrogen) atoms. The van der Waals surface area contributed by atoms with Gasteiger partial charge in [-0.3, -0.25) is 9.69 Å². The second kappa shape index (κ2) is 9.52. The number of anilines is 1. The highest BCUT2D eigenvalue weighted by Gasteiger charge is 2.14. The molecule has 1 amide bonds. The lowest BCUT2D eigenvalue weighted by Crippen LogP contribution is -2.43. The number of aromatic nitrogens is 3. The lowest BCUT2D eigenvalue weighted by molar-refractivity contribution is -0.115. The van der Waals surface area contributed by atoms with Gasteiger partial charge in [0.2, 0.25) is 5.91 Å². The molecule has 5 rings (SSSR count). The van der Waals surface area contributed by atoms with Crippen LogP contribution < -0.4 is 5.32 Å². The summed E-state index contributed by atoms with van der Waals surface area (Å²) in [6.45, 7) is 5.39. The van der Waals surface area contributed by atoms with E-state index in [1.165, 1.54) is 5.56 Å². The van der Waals surface area contributed by atoms with Gasteiger partial charge in [-0.2, -0.15) is 5.10 Å². The molecule has 1 aliphatic heterocycles. The molecule has 1 aliphatic rings. The summed E-state index contributed by atoms with van der Waals surface area (Å²) < 4.78 is 1.74. The number of hydrogen-bond acceptors (Lipinski definition) is 5. The largest absolute Gasteiger partial charge is 0.326 e. The molecule has 1 fully saturated rings. The van der Waals surface area contributed by atoms with Gasteiger partial charge in [-0.25, -0.2) is 9.50 Å². The molecule has 2 aromatic heterocycles. The summed E-state index contributed by atoms with van der Waals surface area (Å²) in [5.41, 5.74) is 6.05. The zero-order valence-corrected chi connectivity index (χ0v) is 18.8. The normalized spacial score (nSPS) is 15.1. The molecule has 0 aliphatic carbocycles. The summed E-state index contributed by atoms with van der Waals surface area (Å²) in [5, 5.41) is 7.14. The second-order valence-corrected chi connectivity index (χ2v) is 8.68. The average Bonchev–Trinajstić information content (AvgIpc) is 3.30. The van der Waals surface area contributed by atoms with Crippen molar-refractivity contribution in [2.24, 2.45) is 0 Å². The minimum Gasteiger partial charge on any atom is -0.326 e. The zero-order chi connectivity index (χ0) is 22.6. The fraction of sp³-hybridized carbons (Fsp3) is 0.269. The third-order valence-corrected chi connectivity index (χ3v) is 6.17. The molecule has 1 N–H and O–H groups in total. The molecule has 3 heterocycles. The van der Waals surface area contributed by atoms with E-state index in [0.29, 0.717) is 6.42 Å². The number of likely N-dealkylation sites (N-methyl/N-ethyl adjacent to an activating group) is 1. The van der Waals surface area contributed by atoms with Crippen molar-refractivity contribution in [2.45, 2.75) is 13.0 Å². The Morgan fingerprint density at radius 1 is 0.909 bits per heavy atom. The van der Waals surface area contributed by atoms with Gasteiger partial charge in [0.1, 0.15) is 6.33 Å². The molecule has 7 heteroatoms. The van der Waals surface area contributed by atoms with E-state index in [1.807, 2.05) is 54.7 Å². The Morgan fingerprint density at radius 3 is 2.39 bits per heavy atom. The number of benzene rings is 2. The van der Waals surface area contributed by atoms with Crippen molar-refractivity contribution in [2.75, 3.05) is 38.5 Å². The predicted molar refractivity (Wildman–Crippen MR) is 130 cm³/mol. The number of hydrogen-bond donors (Lipinski definition) is 1. The minimum atomic E-state index is -0.0144. The maximum Gasteiger partial charge on any atom is 0.228 e. The maximum absolute atomic E-state index is 12.5. The maximum atomic E-state index is 12.5. The molecular formula is C26H28N6O. The van der Waals surface area contributed by atoms with Crippen LogP contribution in [0.4, 0.5) is 5.69 Å². The zero-order valence-electron chi connectivity index (χ0n) is 18.8. The Labute approximate surface area is 193 Å². The first-order valence-electron chi connectivity index (χ1n) is 11.3. The van der Waals surface area contributed by atoms with E-state index in [4.69, 9.17) is 0 Å². The molecule has 0 spiro atoms. The summed E-state index contributed by atoms with van der Waals surface area (Å²) >= 11 is 0. The van der Waals surface area contributed by atoms with Gasteiger partial charge in [-0.05, 0) is 53.6 Å². The number of rotatable bonds is 6. The fourth-order valence-corrected chi connectivity index (χ4v) is 4.16. The Hall–Kier alpha value is -3.55. The summed E-state index contributed by atoms with van der Waals surface area (Å²) in [4.78, 5) is 21.6. The van der Waals surface area contributed by atoms with E-state index < -0.39 is 0 Å². The van der Waals surface area contributed by atoms with E-state index in [9.17, 15) is 4.79 Å². The van der Waals surface area contributed by atoms with Crippen LogP contribution in [0, 0.1) is 0 Å². The van der Waals surface area contributed by atoms with Crippen molar-refractivity contribution in [1.82, 2.24) is 24.4 Å². The van der Waals surface area contributed by atoms with Gasteiger partial charge in [0.15, 0.2) is 5.65 Å². The van der Waals surface area contributed by atoms with Gasteiger partial charge in [0, 0.05) is 44.6 Å². The minimum absolute atomic E-state index is 0.0144. The SMILES string of the molecule is CN1CCN(Cc2ccc(NC(=O)Cc3ccc(-c4ccn5ncnc5c4)cc3)cc2)CC1. The monoisotopic (exact) mass is 440 g/mol.